The van der Waals surface area contributed by atoms with Crippen LogP contribution >= 0.6 is 24.0 Å². The van der Waals surface area contributed by atoms with Crippen LogP contribution in [-0.4, -0.2) is 247 Å². The maximum absolute atomic E-state index is 14.3. The van der Waals surface area contributed by atoms with Gasteiger partial charge in [-0.05, 0) is 213 Å². The highest BCUT2D eigenvalue weighted by Crippen LogP contribution is 2.48. The van der Waals surface area contributed by atoms with Gasteiger partial charge in [-0.25, -0.2) is 15.0 Å². The lowest BCUT2D eigenvalue weighted by Crippen LogP contribution is -2.50. The van der Waals surface area contributed by atoms with Crippen LogP contribution in [-0.2, 0) is 23.9 Å². The van der Waals surface area contributed by atoms with Crippen LogP contribution in [0.3, 0.4) is 0 Å². The number of nitrogens with zero attached hydrogens (tertiary/aromatic N) is 14. The van der Waals surface area contributed by atoms with Crippen LogP contribution in [0.15, 0.2) is 87.2 Å². The van der Waals surface area contributed by atoms with Crippen molar-refractivity contribution in [3.63, 3.8) is 0 Å². The number of anilines is 2. The van der Waals surface area contributed by atoms with Gasteiger partial charge in [0, 0.05) is 123 Å². The zero-order valence-corrected chi connectivity index (χ0v) is 74.2. The summed E-state index contributed by atoms with van der Waals surface area (Å²) in [6, 6.07) is 31.4. The summed E-state index contributed by atoms with van der Waals surface area (Å²) < 4.78 is 16.2. The molecule has 3 aromatic heterocycles. The highest BCUT2D eigenvalue weighted by molar-refractivity contribution is 6.29. The number of carbonyl (C=O) groups is 3. The molecule has 6 bridgehead atoms. The Morgan fingerprint density at radius 3 is 1.05 bits per heavy atom. The molecule has 12 aliphatic rings. The highest BCUT2D eigenvalue weighted by atomic mass is 35.5. The van der Waals surface area contributed by atoms with Crippen molar-refractivity contribution in [1.82, 2.24) is 63.4 Å². The number of likely N-dealkylation sites (N-methyl/N-ethyl adjacent to an activating group) is 3. The van der Waals surface area contributed by atoms with E-state index in [0.29, 0.717) is 86.8 Å². The molecule has 6 aromatic rings. The van der Waals surface area contributed by atoms with Crippen LogP contribution in [0.1, 0.15) is 278 Å². The molecule has 0 spiro atoms. The summed E-state index contributed by atoms with van der Waals surface area (Å²) in [6.07, 6.45) is 45.7. The van der Waals surface area contributed by atoms with E-state index in [1.54, 1.807) is 0 Å². The van der Waals surface area contributed by atoms with Gasteiger partial charge < -0.3 is 43.4 Å². The molecule has 3 aromatic carbocycles. The lowest BCUT2D eigenvalue weighted by molar-refractivity contribution is -0.145. The van der Waals surface area contributed by atoms with E-state index < -0.39 is 5.97 Å². The number of aromatic nitrogens is 6. The summed E-state index contributed by atoms with van der Waals surface area (Å²) in [5.74, 6) is -0.0466. The Hall–Kier alpha value is -6.61. The van der Waals surface area contributed by atoms with Crippen molar-refractivity contribution >= 4 is 86.7 Å². The molecule has 3 saturated carbocycles. The summed E-state index contributed by atoms with van der Waals surface area (Å²) >= 11 is 6.23. The van der Waals surface area contributed by atoms with Gasteiger partial charge in [-0.2, -0.15) is 0 Å². The van der Waals surface area contributed by atoms with Gasteiger partial charge in [0.1, 0.15) is 0 Å². The Kier molecular flexibility index (Phi) is 34.6. The third-order valence-corrected chi connectivity index (χ3v) is 30.0. The third kappa shape index (κ3) is 22.1. The van der Waals surface area contributed by atoms with Crippen molar-refractivity contribution in [2.75, 3.05) is 103 Å². The number of para-hydroxylation sites is 6. The zero-order chi connectivity index (χ0) is 82.6. The molecular weight excluding hydrogens is 1580 g/mol. The molecule has 12 heterocycles. The summed E-state index contributed by atoms with van der Waals surface area (Å²) in [5.41, 5.74) is 5.39. The Bertz CT molecular complexity index is 4520. The molecule has 674 valence electrons. The van der Waals surface area contributed by atoms with Crippen molar-refractivity contribution in [3.05, 3.63) is 109 Å². The molecule has 3 aliphatic carbocycles. The van der Waals surface area contributed by atoms with Crippen molar-refractivity contribution in [2.24, 2.45) is 0 Å². The fourth-order valence-corrected chi connectivity index (χ4v) is 24.3. The van der Waals surface area contributed by atoms with Crippen molar-refractivity contribution < 1.29 is 29.0 Å². The first-order valence-corrected chi connectivity index (χ1v) is 47.2. The van der Waals surface area contributed by atoms with Gasteiger partial charge in [0.2, 0.25) is 0 Å². The van der Waals surface area contributed by atoms with Crippen LogP contribution in [0.25, 0.3) is 33.1 Å². The fourth-order valence-electron chi connectivity index (χ4n) is 24.1. The average molecular weight is 1730 g/mol. The molecule has 0 amide bonds. The van der Waals surface area contributed by atoms with Crippen LogP contribution in [0.4, 0.5) is 11.6 Å². The molecule has 12 fully saturated rings. The first kappa shape index (κ1) is 94.5. The second-order valence-electron chi connectivity index (χ2n) is 37.3. The van der Waals surface area contributed by atoms with Crippen molar-refractivity contribution in [2.45, 2.75) is 350 Å². The van der Waals surface area contributed by atoms with E-state index in [0.717, 1.165) is 135 Å². The Balaban J connectivity index is 0.000000156. The lowest BCUT2D eigenvalue weighted by atomic mass is 9.89. The van der Waals surface area contributed by atoms with E-state index >= 15 is 0 Å². The van der Waals surface area contributed by atoms with Crippen LogP contribution in [0.2, 0.25) is 5.15 Å². The number of fused-ring (bicyclic) bond motifs is 9. The van der Waals surface area contributed by atoms with Gasteiger partial charge in [-0.1, -0.05) is 159 Å². The van der Waals surface area contributed by atoms with E-state index in [-0.39, 0.29) is 104 Å². The minimum Gasteiger partial charge on any atom is -0.480 e. The van der Waals surface area contributed by atoms with Crippen LogP contribution in [0, 0.1) is 0 Å². The monoisotopic (exact) mass is 1720 g/mol. The average Bonchev–Trinajstić information content (AvgIpc) is 1.48. The molecule has 3 unspecified atom stereocenters. The van der Waals surface area contributed by atoms with Crippen LogP contribution < -0.4 is 31.8 Å². The van der Waals surface area contributed by atoms with Crippen molar-refractivity contribution in [1.29, 1.82) is 0 Å². The number of hydrogen-bond acceptors (Lipinski definition) is 20. The predicted molar refractivity (Wildman–Crippen MR) is 494 cm³/mol. The molecular formula is C96H147Cl2N15O9. The number of nitrogens with one attached hydrogen (secondary N) is 1. The molecule has 9 saturated heterocycles. The SMILES string of the molecule is C.C.CCOC(=O)CN(C)[C@H]1CCN(c2nc3ccccc3n(C3C[C@H]4CC[C@@H](C3)N4C3CCCCCCC3)c2=O)C1.CCOC(=O)CN(C)[C@H]1CCNC1.CN(CC(=O)O)[C@H]1CCN(c2nc3ccccc3n(C3C[C@H]4CC[C@@H](C3)N4C3CCCCCCC3)c2=O)C1.Cl.O=c1c(Cl)nc2ccccc2n1C1C[C@H]2CC[C@@H](C1)N2C1CCCCCCC1. The number of esters is 2. The van der Waals surface area contributed by atoms with Gasteiger partial charge in [-0.15, -0.1) is 12.4 Å². The van der Waals surface area contributed by atoms with Gasteiger partial charge in [0.25, 0.3) is 16.7 Å². The molecule has 9 aliphatic heterocycles. The fraction of sp³-hybridized carbons (Fsp3) is 0.719. The smallest absolute Gasteiger partial charge is 0.320 e. The standard InChI is InChI=1S/C32H47N5O3.C30H43N5O3.C23H30ClN3O.C9H18N2O2.2CH4.ClH/c1-3-40-30(38)22-34(2)26-17-18-35(21-26)31-32(39)37(29-14-10-9-13-28(29)33-31)27-19-24-15-16-25(20-27)36(24)23-11-7-5-4-6-8-12-23;1-32(20-28(36)37)24-15-16-33(19-24)29-30(38)35(27-12-8-7-11-26(27)31-29)25-17-22-13-14-23(18-25)34(22)21-9-5-3-2-4-6-10-21;24-22-23(28)27(21-11-7-6-10-20(21)25-22)19-14-17-12-13-18(15-19)26(17)16-8-4-2-1-3-5-9-16;1-3-13-9(12)7-11(2)8-4-5-10-6-8;;;/h9-10,13-14,23-27H,3-8,11-12,15-22H2,1-2H3;7-8,11-12,21-25H,2-6,9-10,13-20H2,1H3,(H,36,37);6-7,10-11,16-19H,1-5,8-9,12-15H2;8,10H,3-7H2,1-2H3;2*1H4;1H/t24-,25+,26-,27?;22-,23+,24-,25?;17-,18+,19?;8-;;;/m00.0.../s1. The normalized spacial score (nSPS) is 27.5. The summed E-state index contributed by atoms with van der Waals surface area (Å²) in [6.45, 7) is 10.1. The quantitative estimate of drug-likeness (QED) is 0.0718. The number of aliphatic carboxylic acids is 1. The first-order valence-electron chi connectivity index (χ1n) is 46.8. The van der Waals surface area contributed by atoms with E-state index in [1.807, 2.05) is 105 Å². The van der Waals surface area contributed by atoms with E-state index in [9.17, 15) is 33.9 Å². The number of piperidine rings is 3. The molecule has 2 N–H and O–H groups in total. The summed E-state index contributed by atoms with van der Waals surface area (Å²) in [5, 5.41) is 12.6. The number of hydrogen-bond donors (Lipinski definition) is 2. The highest BCUT2D eigenvalue weighted by Gasteiger charge is 2.49. The molecule has 24 nitrogen and oxygen atoms in total. The maximum Gasteiger partial charge on any atom is 0.320 e. The molecule has 26 heteroatoms. The summed E-state index contributed by atoms with van der Waals surface area (Å²) in [4.78, 5) is 109. The Morgan fingerprint density at radius 2 is 0.721 bits per heavy atom. The number of carboxylic acid groups (broad SMARTS) is 1. The second kappa shape index (κ2) is 44.7. The molecule has 18 rings (SSSR count). The lowest BCUT2D eigenvalue weighted by Gasteiger charge is -2.45. The number of rotatable bonds is 19. The molecule has 122 heavy (non-hydrogen) atoms. The number of ether oxygens (including phenoxy) is 2. The minimum atomic E-state index is -0.822. The maximum atomic E-state index is 14.3. The van der Waals surface area contributed by atoms with Gasteiger partial charge in [-0.3, -0.25) is 58.2 Å². The molecule has 12 atom stereocenters. The number of carboxylic acids is 1. The topological polar surface area (TPSA) is 233 Å². The van der Waals surface area contributed by atoms with Gasteiger partial charge in [0.15, 0.2) is 16.8 Å². The zero-order valence-electron chi connectivity index (χ0n) is 72.6. The third-order valence-electron chi connectivity index (χ3n) is 29.8. The van der Waals surface area contributed by atoms with E-state index in [2.05, 4.69) is 65.9 Å². The van der Waals surface area contributed by atoms with Crippen molar-refractivity contribution in [3.8, 4) is 0 Å². The number of halogens is 2. The Labute approximate surface area is 737 Å². The second-order valence-corrected chi connectivity index (χ2v) is 37.7. The van der Waals surface area contributed by atoms with Gasteiger partial charge in [0.05, 0.1) is 65.9 Å². The van der Waals surface area contributed by atoms with Crippen LogP contribution in [0.5, 0.6) is 0 Å². The number of benzene rings is 3. The summed E-state index contributed by atoms with van der Waals surface area (Å²) in [7, 11) is 5.79. The first-order chi connectivity index (χ1) is 58.0. The van der Waals surface area contributed by atoms with Gasteiger partial charge >= 0.3 is 17.9 Å². The van der Waals surface area contributed by atoms with E-state index in [1.165, 1.54) is 173 Å². The largest absolute Gasteiger partial charge is 0.480 e. The van der Waals surface area contributed by atoms with E-state index in [4.69, 9.17) is 31.0 Å². The molecule has 0 radical (unpaired) electrons. The minimum absolute atomic E-state index is 0. The predicted octanol–water partition coefficient (Wildman–Crippen LogP) is 15.9. The number of carbonyl (C=O) groups excluding carboxylic acids is 2. The Morgan fingerprint density at radius 1 is 0.410 bits per heavy atom.